The maximum Gasteiger partial charge on any atom is 0.323 e. The highest BCUT2D eigenvalue weighted by molar-refractivity contribution is 5.76. The first-order valence-corrected chi connectivity index (χ1v) is 8.57. The molecule has 1 amide bonds. The zero-order chi connectivity index (χ0) is 17.7. The van der Waals surface area contributed by atoms with Gasteiger partial charge in [-0.3, -0.25) is 4.79 Å². The fourth-order valence-corrected chi connectivity index (χ4v) is 2.67. The standard InChI is InChI=1S/C18H28N4O2/c1-12(2)14(19)9-10-22(3)17(23)6-4-5-13-7-8-15-16(11-13)21-18(24)20-15/h7-8,11-12,14H,4-6,9-10,19H2,1-3H3,(H2,20,21,24). The maximum absolute atomic E-state index is 12.2. The largest absolute Gasteiger partial charge is 0.346 e. The summed E-state index contributed by atoms with van der Waals surface area (Å²) in [5.41, 5.74) is 8.56. The van der Waals surface area contributed by atoms with E-state index in [1.165, 1.54) is 0 Å². The van der Waals surface area contributed by atoms with Crippen molar-refractivity contribution in [1.82, 2.24) is 14.9 Å². The number of nitrogens with two attached hydrogens (primary N) is 1. The van der Waals surface area contributed by atoms with Gasteiger partial charge in [0.1, 0.15) is 0 Å². The van der Waals surface area contributed by atoms with Gasteiger partial charge in [-0.1, -0.05) is 19.9 Å². The van der Waals surface area contributed by atoms with Gasteiger partial charge in [0, 0.05) is 26.1 Å². The van der Waals surface area contributed by atoms with Crippen molar-refractivity contribution in [2.45, 2.75) is 45.6 Å². The van der Waals surface area contributed by atoms with Crippen LogP contribution < -0.4 is 11.4 Å². The lowest BCUT2D eigenvalue weighted by atomic mass is 10.0. The number of nitrogens with zero attached hydrogens (tertiary/aromatic N) is 1. The summed E-state index contributed by atoms with van der Waals surface area (Å²) < 4.78 is 0. The summed E-state index contributed by atoms with van der Waals surface area (Å²) in [6, 6.07) is 5.98. The Bertz CT molecular complexity index is 732. The Morgan fingerprint density at radius 2 is 1.96 bits per heavy atom. The third-order valence-electron chi connectivity index (χ3n) is 4.52. The van der Waals surface area contributed by atoms with Gasteiger partial charge in [0.05, 0.1) is 11.0 Å². The average molecular weight is 332 g/mol. The van der Waals surface area contributed by atoms with Crippen molar-refractivity contribution < 1.29 is 4.79 Å². The molecule has 0 bridgehead atoms. The molecule has 132 valence electrons. The van der Waals surface area contributed by atoms with E-state index in [1.807, 2.05) is 25.2 Å². The summed E-state index contributed by atoms with van der Waals surface area (Å²) in [5.74, 6) is 0.588. The van der Waals surface area contributed by atoms with Gasteiger partial charge in [-0.25, -0.2) is 4.79 Å². The number of benzene rings is 1. The molecule has 0 spiro atoms. The van der Waals surface area contributed by atoms with Crippen LogP contribution in [0.25, 0.3) is 11.0 Å². The van der Waals surface area contributed by atoms with Crippen LogP contribution in [0.15, 0.2) is 23.0 Å². The number of carbonyl (C=O) groups is 1. The molecular weight excluding hydrogens is 304 g/mol. The summed E-state index contributed by atoms with van der Waals surface area (Å²) in [5, 5.41) is 0. The molecule has 1 heterocycles. The molecule has 2 aromatic rings. The number of aryl methyl sites for hydroxylation is 1. The lowest BCUT2D eigenvalue weighted by Crippen LogP contribution is -2.34. The number of carbonyl (C=O) groups excluding carboxylic acids is 1. The van der Waals surface area contributed by atoms with E-state index in [-0.39, 0.29) is 17.6 Å². The van der Waals surface area contributed by atoms with E-state index in [0.717, 1.165) is 35.9 Å². The average Bonchev–Trinajstić information content (AvgIpc) is 2.91. The minimum absolute atomic E-state index is 0.135. The molecular formula is C18H28N4O2. The number of hydrogen-bond acceptors (Lipinski definition) is 3. The molecule has 6 heteroatoms. The van der Waals surface area contributed by atoms with E-state index in [2.05, 4.69) is 23.8 Å². The predicted molar refractivity (Wildman–Crippen MR) is 96.9 cm³/mol. The Morgan fingerprint density at radius 1 is 1.25 bits per heavy atom. The first kappa shape index (κ1) is 18.3. The molecule has 0 radical (unpaired) electrons. The van der Waals surface area contributed by atoms with E-state index in [1.54, 1.807) is 4.90 Å². The van der Waals surface area contributed by atoms with Crippen LogP contribution in [-0.2, 0) is 11.2 Å². The zero-order valence-corrected chi connectivity index (χ0v) is 14.8. The van der Waals surface area contributed by atoms with Gasteiger partial charge in [-0.05, 0) is 42.9 Å². The van der Waals surface area contributed by atoms with Crippen LogP contribution in [0.3, 0.4) is 0 Å². The third kappa shape index (κ3) is 4.96. The molecule has 24 heavy (non-hydrogen) atoms. The highest BCUT2D eigenvalue weighted by Crippen LogP contribution is 2.13. The maximum atomic E-state index is 12.2. The number of amides is 1. The van der Waals surface area contributed by atoms with Crippen molar-refractivity contribution in [3.8, 4) is 0 Å². The number of imidazole rings is 1. The van der Waals surface area contributed by atoms with Gasteiger partial charge < -0.3 is 20.6 Å². The number of rotatable bonds is 8. The highest BCUT2D eigenvalue weighted by Gasteiger charge is 2.12. The molecule has 1 aromatic heterocycles. The quantitative estimate of drug-likeness (QED) is 0.690. The predicted octanol–water partition coefficient (Wildman–Crippen LogP) is 2.01. The van der Waals surface area contributed by atoms with Crippen LogP contribution in [0.1, 0.15) is 38.7 Å². The summed E-state index contributed by atoms with van der Waals surface area (Å²) in [6.45, 7) is 4.90. The van der Waals surface area contributed by atoms with Crippen LogP contribution in [0.5, 0.6) is 0 Å². The Morgan fingerprint density at radius 3 is 2.67 bits per heavy atom. The van der Waals surface area contributed by atoms with E-state index in [9.17, 15) is 9.59 Å². The van der Waals surface area contributed by atoms with Crippen molar-refractivity contribution in [2.75, 3.05) is 13.6 Å². The Labute approximate surface area is 142 Å². The number of aromatic nitrogens is 2. The highest BCUT2D eigenvalue weighted by atomic mass is 16.2. The molecule has 0 aliphatic carbocycles. The summed E-state index contributed by atoms with van der Waals surface area (Å²) >= 11 is 0. The first-order valence-electron chi connectivity index (χ1n) is 8.57. The van der Waals surface area contributed by atoms with Crippen LogP contribution in [0.2, 0.25) is 0 Å². The molecule has 1 unspecified atom stereocenters. The summed E-state index contributed by atoms with van der Waals surface area (Å²) in [6.07, 6.45) is 2.96. The topological polar surface area (TPSA) is 95.0 Å². The second-order valence-corrected chi connectivity index (χ2v) is 6.82. The van der Waals surface area contributed by atoms with Crippen molar-refractivity contribution in [1.29, 1.82) is 0 Å². The fourth-order valence-electron chi connectivity index (χ4n) is 2.67. The molecule has 6 nitrogen and oxygen atoms in total. The van der Waals surface area contributed by atoms with Gasteiger partial charge in [-0.15, -0.1) is 0 Å². The smallest absolute Gasteiger partial charge is 0.323 e. The van der Waals surface area contributed by atoms with Crippen molar-refractivity contribution in [2.24, 2.45) is 11.7 Å². The molecule has 4 N–H and O–H groups in total. The van der Waals surface area contributed by atoms with Crippen LogP contribution in [-0.4, -0.2) is 40.4 Å². The van der Waals surface area contributed by atoms with Gasteiger partial charge >= 0.3 is 5.69 Å². The fraction of sp³-hybridized carbons (Fsp3) is 0.556. The van der Waals surface area contributed by atoms with E-state index in [4.69, 9.17) is 5.73 Å². The lowest BCUT2D eigenvalue weighted by molar-refractivity contribution is -0.130. The number of nitrogens with one attached hydrogen (secondary N) is 2. The van der Waals surface area contributed by atoms with E-state index in [0.29, 0.717) is 18.9 Å². The van der Waals surface area contributed by atoms with E-state index >= 15 is 0 Å². The third-order valence-corrected chi connectivity index (χ3v) is 4.52. The molecule has 0 saturated heterocycles. The van der Waals surface area contributed by atoms with Gasteiger partial charge in [-0.2, -0.15) is 0 Å². The molecule has 2 rings (SSSR count). The number of aromatic amines is 2. The number of H-pyrrole nitrogens is 2. The van der Waals surface area contributed by atoms with Crippen molar-refractivity contribution in [3.05, 3.63) is 34.2 Å². The van der Waals surface area contributed by atoms with Crippen molar-refractivity contribution >= 4 is 16.9 Å². The van der Waals surface area contributed by atoms with Crippen molar-refractivity contribution in [3.63, 3.8) is 0 Å². The molecule has 1 aromatic carbocycles. The van der Waals surface area contributed by atoms with Gasteiger partial charge in [0.2, 0.25) is 5.91 Å². The van der Waals surface area contributed by atoms with E-state index < -0.39 is 0 Å². The Kier molecular flexibility index (Phi) is 6.20. The SMILES string of the molecule is CC(C)C(N)CCN(C)C(=O)CCCc1ccc2[nH]c(=O)[nH]c2c1. The molecule has 0 saturated carbocycles. The monoisotopic (exact) mass is 332 g/mol. The minimum Gasteiger partial charge on any atom is -0.346 e. The molecule has 0 aliphatic rings. The normalized spacial score (nSPS) is 12.7. The van der Waals surface area contributed by atoms with Crippen LogP contribution in [0.4, 0.5) is 0 Å². The van der Waals surface area contributed by atoms with Gasteiger partial charge in [0.25, 0.3) is 0 Å². The minimum atomic E-state index is -0.196. The molecule has 0 aliphatic heterocycles. The second-order valence-electron chi connectivity index (χ2n) is 6.82. The van der Waals surface area contributed by atoms with Crippen LogP contribution >= 0.6 is 0 Å². The molecule has 1 atom stereocenters. The lowest BCUT2D eigenvalue weighted by Gasteiger charge is -2.21. The number of fused-ring (bicyclic) bond motifs is 1. The Balaban J connectivity index is 1.77. The Hall–Kier alpha value is -2.08. The first-order chi connectivity index (χ1) is 11.4. The van der Waals surface area contributed by atoms with Crippen LogP contribution in [0, 0.1) is 5.92 Å². The second kappa shape index (κ2) is 8.15. The summed E-state index contributed by atoms with van der Waals surface area (Å²) in [4.78, 5) is 30.7. The summed E-state index contributed by atoms with van der Waals surface area (Å²) in [7, 11) is 1.84. The zero-order valence-electron chi connectivity index (χ0n) is 14.8. The number of hydrogen-bond donors (Lipinski definition) is 3. The van der Waals surface area contributed by atoms with Gasteiger partial charge in [0.15, 0.2) is 0 Å². The molecule has 0 fully saturated rings.